The summed E-state index contributed by atoms with van der Waals surface area (Å²) in [7, 11) is 0. The number of carbonyl (C=O) groups is 1. The molecule has 0 aliphatic rings. The zero-order valence-electron chi connectivity index (χ0n) is 26.7. The second-order valence-electron chi connectivity index (χ2n) is 10.1. The summed E-state index contributed by atoms with van der Waals surface area (Å²) in [6.45, 7) is 19.3. The first-order valence-corrected chi connectivity index (χ1v) is 14.9. The minimum absolute atomic E-state index is 0.0811. The van der Waals surface area contributed by atoms with Crippen LogP contribution >= 0.6 is 0 Å². The van der Waals surface area contributed by atoms with Crippen molar-refractivity contribution in [3.8, 4) is 0 Å². The van der Waals surface area contributed by atoms with Crippen LogP contribution in [-0.2, 0) is 61.6 Å². The molecule has 0 spiro atoms. The van der Waals surface area contributed by atoms with Gasteiger partial charge in [-0.2, -0.15) is 0 Å². The minimum atomic E-state index is -0.508. The fourth-order valence-corrected chi connectivity index (χ4v) is 2.85. The van der Waals surface area contributed by atoms with Gasteiger partial charge in [0.15, 0.2) is 0 Å². The highest BCUT2D eigenvalue weighted by atomic mass is 16.6. The van der Waals surface area contributed by atoms with Crippen LogP contribution in [0.15, 0.2) is 0 Å². The Bertz CT molecular complexity index is 558. The Labute approximate surface area is 252 Å². The predicted molar refractivity (Wildman–Crippen MR) is 155 cm³/mol. The molecule has 0 radical (unpaired) electrons. The van der Waals surface area contributed by atoms with Crippen LogP contribution in [0.3, 0.4) is 0 Å². The van der Waals surface area contributed by atoms with Crippen molar-refractivity contribution in [1.29, 1.82) is 0 Å². The van der Waals surface area contributed by atoms with Crippen LogP contribution in [-0.4, -0.2) is 156 Å². The summed E-state index contributed by atoms with van der Waals surface area (Å²) in [5.74, 6) is -0.385. The largest absolute Gasteiger partial charge is 0.458 e. The average molecular weight is 615 g/mol. The lowest BCUT2D eigenvalue weighted by Crippen LogP contribution is -2.27. The molecule has 0 unspecified atom stereocenters. The van der Waals surface area contributed by atoms with Crippen molar-refractivity contribution in [2.45, 2.75) is 46.3 Å². The van der Waals surface area contributed by atoms with E-state index in [1.54, 1.807) is 0 Å². The van der Waals surface area contributed by atoms with Crippen molar-refractivity contribution in [3.05, 3.63) is 0 Å². The lowest BCUT2D eigenvalue weighted by Gasteiger charge is -2.19. The molecule has 0 aromatic carbocycles. The van der Waals surface area contributed by atoms with Gasteiger partial charge < -0.3 is 56.8 Å². The first-order chi connectivity index (χ1) is 20.3. The molecule has 0 aromatic heterocycles. The number of hydrogen-bond donors (Lipinski definition) is 0. The van der Waals surface area contributed by atoms with Crippen LogP contribution in [0.2, 0.25) is 0 Å². The molecule has 0 bridgehead atoms. The Balaban J connectivity index is 3.10. The quantitative estimate of drug-likeness (QED) is 0.0790. The number of ether oxygens (including phenoxy) is 12. The summed E-state index contributed by atoms with van der Waals surface area (Å²) >= 11 is 0. The van der Waals surface area contributed by atoms with E-state index in [1.165, 1.54) is 0 Å². The molecule has 13 heteroatoms. The number of rotatable bonds is 33. The number of carbonyl (C=O) groups excluding carboxylic acids is 1. The molecule has 0 heterocycles. The lowest BCUT2D eigenvalue weighted by molar-refractivity contribution is -0.160. The Morgan fingerprint density at radius 3 is 0.905 bits per heavy atom. The molecule has 0 saturated heterocycles. The van der Waals surface area contributed by atoms with Gasteiger partial charge in [-0.1, -0.05) is 0 Å². The van der Waals surface area contributed by atoms with E-state index in [1.807, 2.05) is 34.6 Å². The van der Waals surface area contributed by atoms with Gasteiger partial charge in [-0.15, -0.1) is 0 Å². The van der Waals surface area contributed by atoms with Crippen LogP contribution in [0.5, 0.6) is 0 Å². The topological polar surface area (TPSA) is 128 Å². The molecule has 0 fully saturated rings. The van der Waals surface area contributed by atoms with E-state index in [2.05, 4.69) is 0 Å². The molecule has 42 heavy (non-hydrogen) atoms. The van der Waals surface area contributed by atoms with Gasteiger partial charge in [0.05, 0.1) is 138 Å². The highest BCUT2D eigenvalue weighted by Crippen LogP contribution is 2.06. The van der Waals surface area contributed by atoms with Crippen molar-refractivity contribution in [2.75, 3.05) is 139 Å². The smallest absolute Gasteiger partial charge is 0.332 e. The molecule has 0 aliphatic heterocycles. The van der Waals surface area contributed by atoms with E-state index < -0.39 is 5.60 Å². The first-order valence-electron chi connectivity index (χ1n) is 14.9. The maximum absolute atomic E-state index is 11.5. The van der Waals surface area contributed by atoms with Crippen LogP contribution in [0, 0.1) is 0 Å². The van der Waals surface area contributed by atoms with Crippen LogP contribution in [0.4, 0.5) is 0 Å². The molecule has 0 rings (SSSR count). The monoisotopic (exact) mass is 614 g/mol. The Kier molecular flexibility index (Phi) is 30.7. The summed E-state index contributed by atoms with van der Waals surface area (Å²) in [4.78, 5) is 11.5. The van der Waals surface area contributed by atoms with Crippen LogP contribution in [0.25, 0.3) is 0 Å². The van der Waals surface area contributed by atoms with Crippen LogP contribution < -0.4 is 0 Å². The van der Waals surface area contributed by atoms with Gasteiger partial charge in [0.25, 0.3) is 0 Å². The normalized spacial score (nSPS) is 12.0. The summed E-state index contributed by atoms with van der Waals surface area (Å²) in [5, 5.41) is 0. The highest BCUT2D eigenvalue weighted by molar-refractivity contribution is 5.71. The number of esters is 1. The SMILES string of the molecule is CC(C)OCCOCCOCCOCCOCCOCCOCCOCCOCCOCCOCC(=O)OC(C)(C)C. The van der Waals surface area contributed by atoms with E-state index in [0.717, 1.165) is 0 Å². The molecular weight excluding hydrogens is 556 g/mol. The maximum Gasteiger partial charge on any atom is 0.332 e. The molecule has 13 nitrogen and oxygen atoms in total. The van der Waals surface area contributed by atoms with E-state index in [9.17, 15) is 4.79 Å². The van der Waals surface area contributed by atoms with E-state index in [-0.39, 0.29) is 18.7 Å². The summed E-state index contributed by atoms with van der Waals surface area (Å²) in [5.41, 5.74) is -0.508. The minimum Gasteiger partial charge on any atom is -0.458 e. The Morgan fingerprint density at radius 2 is 0.667 bits per heavy atom. The third-order valence-electron chi connectivity index (χ3n) is 4.67. The van der Waals surface area contributed by atoms with Crippen LogP contribution in [0.1, 0.15) is 34.6 Å². The van der Waals surface area contributed by atoms with Gasteiger partial charge in [-0.25, -0.2) is 4.79 Å². The zero-order chi connectivity index (χ0) is 31.0. The Hall–Kier alpha value is -0.970. The molecule has 0 atom stereocenters. The summed E-state index contributed by atoms with van der Waals surface area (Å²) in [6.07, 6.45) is 0.228. The number of hydrogen-bond acceptors (Lipinski definition) is 13. The van der Waals surface area contributed by atoms with Gasteiger partial charge in [0, 0.05) is 0 Å². The van der Waals surface area contributed by atoms with E-state index >= 15 is 0 Å². The van der Waals surface area contributed by atoms with Crippen molar-refractivity contribution >= 4 is 5.97 Å². The van der Waals surface area contributed by atoms with Crippen molar-refractivity contribution < 1.29 is 61.6 Å². The molecule has 0 aromatic rings. The zero-order valence-corrected chi connectivity index (χ0v) is 26.7. The lowest BCUT2D eigenvalue weighted by atomic mass is 10.2. The van der Waals surface area contributed by atoms with Gasteiger partial charge in [0.1, 0.15) is 12.2 Å². The van der Waals surface area contributed by atoms with Crippen molar-refractivity contribution in [2.24, 2.45) is 0 Å². The van der Waals surface area contributed by atoms with Gasteiger partial charge in [-0.05, 0) is 34.6 Å². The van der Waals surface area contributed by atoms with E-state index in [4.69, 9.17) is 56.8 Å². The molecule has 0 amide bonds. The molecule has 0 N–H and O–H groups in total. The van der Waals surface area contributed by atoms with E-state index in [0.29, 0.717) is 132 Å². The van der Waals surface area contributed by atoms with Gasteiger partial charge in [-0.3, -0.25) is 0 Å². The highest BCUT2D eigenvalue weighted by Gasteiger charge is 2.15. The average Bonchev–Trinajstić information content (AvgIpc) is 2.92. The summed E-state index contributed by atoms with van der Waals surface area (Å²) < 4.78 is 64.6. The predicted octanol–water partition coefficient (Wildman–Crippen LogP) is 1.92. The first kappa shape index (κ1) is 41.0. The Morgan fingerprint density at radius 1 is 0.429 bits per heavy atom. The van der Waals surface area contributed by atoms with Gasteiger partial charge >= 0.3 is 5.97 Å². The second kappa shape index (κ2) is 31.5. The molecule has 0 saturated carbocycles. The van der Waals surface area contributed by atoms with Crippen molar-refractivity contribution in [1.82, 2.24) is 0 Å². The fourth-order valence-electron chi connectivity index (χ4n) is 2.85. The molecular formula is C29H58O13. The third kappa shape index (κ3) is 37.1. The maximum atomic E-state index is 11.5. The summed E-state index contributed by atoms with van der Waals surface area (Å²) in [6, 6.07) is 0. The standard InChI is InChI=1S/C29H58O13/c1-27(2)41-25-24-39-21-20-37-17-16-35-13-12-33-9-8-31-6-7-32-10-11-34-14-15-36-18-19-38-22-23-40-26-28(30)42-29(3,4)5/h27H,6-26H2,1-5H3. The van der Waals surface area contributed by atoms with Gasteiger partial charge in [0.2, 0.25) is 0 Å². The fraction of sp³-hybridized carbons (Fsp3) is 0.966. The second-order valence-corrected chi connectivity index (χ2v) is 10.1. The molecule has 252 valence electrons. The van der Waals surface area contributed by atoms with Crippen molar-refractivity contribution in [3.63, 3.8) is 0 Å². The molecule has 0 aliphatic carbocycles. The third-order valence-corrected chi connectivity index (χ3v) is 4.67.